The molecule has 1 heterocycles. The van der Waals surface area contributed by atoms with Crippen molar-refractivity contribution in [3.8, 4) is 0 Å². The molecule has 0 aliphatic carbocycles. The van der Waals surface area contributed by atoms with Gasteiger partial charge in [0.25, 0.3) is 0 Å². The Kier molecular flexibility index (Phi) is 3.21. The number of hydrogen-bond donors (Lipinski definition) is 0. The summed E-state index contributed by atoms with van der Waals surface area (Å²) < 4.78 is 37.1. The van der Waals surface area contributed by atoms with Gasteiger partial charge in [-0.15, -0.1) is 0 Å². The lowest BCUT2D eigenvalue weighted by atomic mass is 10.0. The Bertz CT molecular complexity index is 373. The van der Waals surface area contributed by atoms with Gasteiger partial charge in [0.15, 0.2) is 17.4 Å². The Labute approximate surface area is 93.2 Å². The molecule has 2 nitrogen and oxygen atoms in total. The van der Waals surface area contributed by atoms with E-state index in [1.165, 1.54) is 6.07 Å². The fraction of sp³-hybridized carbons (Fsp3) is 0.500. The van der Waals surface area contributed by atoms with Crippen LogP contribution in [0.25, 0.3) is 0 Å². The largest absolute Gasteiger partial charge is 0.348 e. The van der Waals surface area contributed by atoms with E-state index in [1.54, 1.807) is 6.07 Å². The smallest absolute Gasteiger partial charge is 0.166 e. The van der Waals surface area contributed by atoms with E-state index in [1.807, 2.05) is 6.92 Å². The molecule has 16 heavy (non-hydrogen) atoms. The second-order valence-corrected chi connectivity index (χ2v) is 4.04. The molecular weight excluding hydrogens is 214 g/mol. The zero-order chi connectivity index (χ0) is 11.6. The number of ether oxygens (including phenoxy) is 2. The van der Waals surface area contributed by atoms with E-state index in [2.05, 4.69) is 0 Å². The first kappa shape index (κ1) is 11.5. The molecule has 0 N–H and O–H groups in total. The number of aryl methyl sites for hydroxylation is 1. The number of halogens is 2. The molecule has 1 aromatic rings. The zero-order valence-electron chi connectivity index (χ0n) is 9.13. The second kappa shape index (κ2) is 4.47. The van der Waals surface area contributed by atoms with Gasteiger partial charge in [-0.25, -0.2) is 8.78 Å². The molecule has 1 saturated heterocycles. The monoisotopic (exact) mass is 228 g/mol. The first-order chi connectivity index (χ1) is 7.61. The summed E-state index contributed by atoms with van der Waals surface area (Å²) in [6, 6.07) is 4.20. The molecule has 0 amide bonds. The maximum absolute atomic E-state index is 13.3. The lowest BCUT2D eigenvalue weighted by Gasteiger charge is -2.22. The number of benzene rings is 1. The Morgan fingerprint density at radius 1 is 1.25 bits per heavy atom. The van der Waals surface area contributed by atoms with Crippen LogP contribution in [0.15, 0.2) is 18.2 Å². The third-order valence-corrected chi connectivity index (χ3v) is 2.78. The maximum atomic E-state index is 13.3. The molecule has 1 aliphatic heterocycles. The van der Waals surface area contributed by atoms with Gasteiger partial charge in [0.05, 0.1) is 13.2 Å². The molecule has 0 spiro atoms. The lowest BCUT2D eigenvalue weighted by molar-refractivity contribution is -0.146. The summed E-state index contributed by atoms with van der Waals surface area (Å²) >= 11 is 0. The van der Waals surface area contributed by atoms with Crippen molar-refractivity contribution in [1.29, 1.82) is 0 Å². The first-order valence-electron chi connectivity index (χ1n) is 5.31. The quantitative estimate of drug-likeness (QED) is 0.791. The molecule has 1 fully saturated rings. The van der Waals surface area contributed by atoms with Crippen LogP contribution in [-0.4, -0.2) is 19.0 Å². The van der Waals surface area contributed by atoms with E-state index < -0.39 is 17.4 Å². The molecule has 0 atom stereocenters. The molecule has 0 radical (unpaired) electrons. The van der Waals surface area contributed by atoms with Gasteiger partial charge in [0.1, 0.15) is 0 Å². The van der Waals surface area contributed by atoms with Crippen LogP contribution in [0.1, 0.15) is 18.9 Å². The van der Waals surface area contributed by atoms with E-state index in [4.69, 9.17) is 9.47 Å². The summed E-state index contributed by atoms with van der Waals surface area (Å²) in [5, 5.41) is 0. The minimum atomic E-state index is -0.809. The van der Waals surface area contributed by atoms with E-state index in [0.717, 1.165) is 6.07 Å². The van der Waals surface area contributed by atoms with Gasteiger partial charge in [-0.3, -0.25) is 0 Å². The van der Waals surface area contributed by atoms with E-state index in [-0.39, 0.29) is 0 Å². The molecule has 88 valence electrons. The Morgan fingerprint density at radius 3 is 2.62 bits per heavy atom. The van der Waals surface area contributed by atoms with Crippen molar-refractivity contribution in [3.63, 3.8) is 0 Å². The molecular formula is C12H14F2O2. The van der Waals surface area contributed by atoms with E-state index >= 15 is 0 Å². The molecule has 2 rings (SSSR count). The lowest BCUT2D eigenvalue weighted by Crippen LogP contribution is -2.26. The minimum Gasteiger partial charge on any atom is -0.348 e. The van der Waals surface area contributed by atoms with Crippen LogP contribution in [0, 0.1) is 11.6 Å². The molecule has 0 aromatic heterocycles. The number of rotatable bonds is 3. The fourth-order valence-corrected chi connectivity index (χ4v) is 1.80. The van der Waals surface area contributed by atoms with Crippen molar-refractivity contribution in [2.45, 2.75) is 25.6 Å². The molecule has 1 aliphatic rings. The highest BCUT2D eigenvalue weighted by molar-refractivity contribution is 5.19. The predicted molar refractivity (Wildman–Crippen MR) is 55.0 cm³/mol. The van der Waals surface area contributed by atoms with Crippen LogP contribution in [-0.2, 0) is 15.9 Å². The Hall–Kier alpha value is -1.00. The van der Waals surface area contributed by atoms with E-state index in [9.17, 15) is 8.78 Å². The van der Waals surface area contributed by atoms with Crippen molar-refractivity contribution >= 4 is 0 Å². The van der Waals surface area contributed by atoms with Crippen molar-refractivity contribution in [2.24, 2.45) is 0 Å². The summed E-state index contributed by atoms with van der Waals surface area (Å²) in [5.74, 6) is -2.24. The maximum Gasteiger partial charge on any atom is 0.166 e. The van der Waals surface area contributed by atoms with Crippen LogP contribution in [0.4, 0.5) is 8.78 Å². The van der Waals surface area contributed by atoms with Gasteiger partial charge < -0.3 is 9.47 Å². The third-order valence-electron chi connectivity index (χ3n) is 2.78. The summed E-state index contributed by atoms with van der Waals surface area (Å²) in [4.78, 5) is 0. The first-order valence-corrected chi connectivity index (χ1v) is 5.31. The van der Waals surface area contributed by atoms with Crippen molar-refractivity contribution < 1.29 is 18.3 Å². The SMILES string of the molecule is CC1(CCc2cccc(F)c2F)OCCO1. The van der Waals surface area contributed by atoms with Gasteiger partial charge in [-0.1, -0.05) is 12.1 Å². The second-order valence-electron chi connectivity index (χ2n) is 4.04. The number of hydrogen-bond acceptors (Lipinski definition) is 2. The summed E-state index contributed by atoms with van der Waals surface area (Å²) in [5.41, 5.74) is 0.361. The minimum absolute atomic E-state index is 0.361. The summed E-state index contributed by atoms with van der Waals surface area (Å²) in [6.45, 7) is 2.93. The normalized spacial score (nSPS) is 18.9. The van der Waals surface area contributed by atoms with Crippen LogP contribution >= 0.6 is 0 Å². The van der Waals surface area contributed by atoms with Gasteiger partial charge in [0, 0.05) is 6.42 Å². The standard InChI is InChI=1S/C12H14F2O2/c1-12(15-7-8-16-12)6-5-9-3-2-4-10(13)11(9)14/h2-4H,5-8H2,1H3. The van der Waals surface area contributed by atoms with Crippen LogP contribution in [0.2, 0.25) is 0 Å². The van der Waals surface area contributed by atoms with Crippen molar-refractivity contribution in [3.05, 3.63) is 35.4 Å². The molecule has 0 bridgehead atoms. The average molecular weight is 228 g/mol. The third kappa shape index (κ3) is 2.39. The Balaban J connectivity index is 2.02. The van der Waals surface area contributed by atoms with Crippen LogP contribution < -0.4 is 0 Å². The van der Waals surface area contributed by atoms with Crippen molar-refractivity contribution in [1.82, 2.24) is 0 Å². The van der Waals surface area contributed by atoms with Gasteiger partial charge >= 0.3 is 0 Å². The molecule has 1 aromatic carbocycles. The van der Waals surface area contributed by atoms with Gasteiger partial charge in [-0.05, 0) is 25.0 Å². The van der Waals surface area contributed by atoms with Gasteiger partial charge in [-0.2, -0.15) is 0 Å². The van der Waals surface area contributed by atoms with Gasteiger partial charge in [0.2, 0.25) is 0 Å². The van der Waals surface area contributed by atoms with Crippen molar-refractivity contribution in [2.75, 3.05) is 13.2 Å². The highest BCUT2D eigenvalue weighted by atomic mass is 19.2. The average Bonchev–Trinajstić information content (AvgIpc) is 2.68. The summed E-state index contributed by atoms with van der Waals surface area (Å²) in [7, 11) is 0. The molecule has 0 saturated carbocycles. The fourth-order valence-electron chi connectivity index (χ4n) is 1.80. The summed E-state index contributed by atoms with van der Waals surface area (Å²) in [6.07, 6.45) is 0.924. The van der Waals surface area contributed by atoms with Crippen LogP contribution in [0.3, 0.4) is 0 Å². The molecule has 4 heteroatoms. The zero-order valence-corrected chi connectivity index (χ0v) is 9.13. The van der Waals surface area contributed by atoms with E-state index in [0.29, 0.717) is 31.6 Å². The topological polar surface area (TPSA) is 18.5 Å². The van der Waals surface area contributed by atoms with Crippen LogP contribution in [0.5, 0.6) is 0 Å². The highest BCUT2D eigenvalue weighted by Gasteiger charge is 2.30. The highest BCUT2D eigenvalue weighted by Crippen LogP contribution is 2.25. The Morgan fingerprint density at radius 2 is 1.94 bits per heavy atom. The predicted octanol–water partition coefficient (Wildman–Crippen LogP) is 2.66. The molecule has 0 unspecified atom stereocenters.